The SMILES string of the molecule is CCCCCC/C=C\C=C/CCCCCCCC(=O)OC[C@H](COP(=O)(O)OC[C@@H](O)COP(=O)(O)OC[C@@H](COC(=O)CCCCCCCCCC(C)C)OC(=O)CCCCCCCCCCCCCC)OC(=O)CCCCCCCCCCCCCCCCCCCCC. The normalized spacial score (nSPS) is 14.1. The molecule has 0 aromatic carbocycles. The maximum Gasteiger partial charge on any atom is 0.472 e. The summed E-state index contributed by atoms with van der Waals surface area (Å²) in [5.41, 5.74) is 0. The van der Waals surface area contributed by atoms with Crippen molar-refractivity contribution in [2.45, 2.75) is 400 Å². The summed E-state index contributed by atoms with van der Waals surface area (Å²) in [6, 6.07) is 0. The fourth-order valence-electron chi connectivity index (χ4n) is 11.3. The minimum Gasteiger partial charge on any atom is -0.462 e. The van der Waals surface area contributed by atoms with Crippen LogP contribution in [-0.2, 0) is 65.4 Å². The third-order valence-electron chi connectivity index (χ3n) is 17.4. The van der Waals surface area contributed by atoms with Crippen LogP contribution >= 0.6 is 15.6 Å². The Morgan fingerprint density at radius 2 is 0.562 bits per heavy atom. The first-order valence-electron chi connectivity index (χ1n) is 39.5. The molecule has 0 bridgehead atoms. The number of ether oxygens (including phenoxy) is 4. The number of esters is 4. The Kier molecular flexibility index (Phi) is 67.8. The van der Waals surface area contributed by atoms with Gasteiger partial charge in [-0.05, 0) is 57.3 Å². The molecule has 0 saturated carbocycles. The van der Waals surface area contributed by atoms with Gasteiger partial charge in [-0.15, -0.1) is 0 Å². The van der Waals surface area contributed by atoms with Crippen molar-refractivity contribution in [1.29, 1.82) is 0 Å². The first kappa shape index (κ1) is 93.5. The van der Waals surface area contributed by atoms with Gasteiger partial charge in [0, 0.05) is 25.7 Å². The minimum atomic E-state index is -4.96. The van der Waals surface area contributed by atoms with E-state index in [0.717, 1.165) is 116 Å². The van der Waals surface area contributed by atoms with Gasteiger partial charge in [-0.25, -0.2) is 9.13 Å². The van der Waals surface area contributed by atoms with Crippen LogP contribution in [0.4, 0.5) is 0 Å². The lowest BCUT2D eigenvalue weighted by Gasteiger charge is -2.21. The zero-order chi connectivity index (χ0) is 70.5. The van der Waals surface area contributed by atoms with Gasteiger partial charge in [0.25, 0.3) is 0 Å². The lowest BCUT2D eigenvalue weighted by Crippen LogP contribution is -2.30. The molecule has 96 heavy (non-hydrogen) atoms. The van der Waals surface area contributed by atoms with Crippen molar-refractivity contribution in [3.63, 3.8) is 0 Å². The van der Waals surface area contributed by atoms with Gasteiger partial charge in [-0.2, -0.15) is 0 Å². The van der Waals surface area contributed by atoms with E-state index in [9.17, 15) is 43.2 Å². The van der Waals surface area contributed by atoms with E-state index in [4.69, 9.17) is 37.0 Å². The third-order valence-corrected chi connectivity index (χ3v) is 19.3. The highest BCUT2D eigenvalue weighted by Gasteiger charge is 2.30. The number of unbranched alkanes of at least 4 members (excludes halogenated alkanes) is 44. The van der Waals surface area contributed by atoms with Gasteiger partial charge in [0.05, 0.1) is 26.4 Å². The number of carbonyl (C=O) groups is 4. The number of phosphoric acid groups is 2. The molecule has 0 amide bonds. The second-order valence-corrected chi connectivity index (χ2v) is 30.4. The number of hydrogen-bond acceptors (Lipinski definition) is 15. The average Bonchev–Trinajstić information content (AvgIpc) is 2.07. The van der Waals surface area contributed by atoms with Crippen LogP contribution in [0.5, 0.6) is 0 Å². The predicted octanol–water partition coefficient (Wildman–Crippen LogP) is 22.4. The average molecular weight is 1410 g/mol. The molecule has 566 valence electrons. The van der Waals surface area contributed by atoms with Crippen LogP contribution in [0.1, 0.15) is 381 Å². The van der Waals surface area contributed by atoms with E-state index in [1.807, 2.05) is 0 Å². The molecular formula is C77H146O17P2. The molecule has 2 unspecified atom stereocenters. The van der Waals surface area contributed by atoms with Crippen LogP contribution in [0.3, 0.4) is 0 Å². The van der Waals surface area contributed by atoms with Gasteiger partial charge in [0.1, 0.15) is 19.3 Å². The highest BCUT2D eigenvalue weighted by atomic mass is 31.2. The van der Waals surface area contributed by atoms with Crippen molar-refractivity contribution < 1.29 is 80.2 Å². The Balaban J connectivity index is 5.26. The maximum absolute atomic E-state index is 13.1. The number of carbonyl (C=O) groups excluding carboxylic acids is 4. The van der Waals surface area contributed by atoms with Crippen LogP contribution in [0.2, 0.25) is 0 Å². The molecule has 0 aliphatic carbocycles. The quantitative estimate of drug-likeness (QED) is 0.0169. The Morgan fingerprint density at radius 1 is 0.323 bits per heavy atom. The summed E-state index contributed by atoms with van der Waals surface area (Å²) in [4.78, 5) is 72.8. The molecule has 5 atom stereocenters. The van der Waals surface area contributed by atoms with Gasteiger partial charge < -0.3 is 33.8 Å². The van der Waals surface area contributed by atoms with Gasteiger partial charge in [-0.1, -0.05) is 329 Å². The fraction of sp³-hybridized carbons (Fsp3) is 0.896. The fourth-order valence-corrected chi connectivity index (χ4v) is 12.9. The summed E-state index contributed by atoms with van der Waals surface area (Å²) in [6.07, 6.45) is 61.9. The van der Waals surface area contributed by atoms with E-state index in [1.54, 1.807) is 0 Å². The highest BCUT2D eigenvalue weighted by Crippen LogP contribution is 2.45. The Bertz CT molecular complexity index is 1930. The van der Waals surface area contributed by atoms with Crippen molar-refractivity contribution in [1.82, 2.24) is 0 Å². The molecule has 0 aliphatic rings. The molecular weight excluding hydrogens is 1260 g/mol. The molecule has 0 radical (unpaired) electrons. The smallest absolute Gasteiger partial charge is 0.462 e. The number of rotatable bonds is 75. The van der Waals surface area contributed by atoms with E-state index in [0.29, 0.717) is 31.6 Å². The summed E-state index contributed by atoms with van der Waals surface area (Å²) < 4.78 is 68.5. The molecule has 0 spiro atoms. The lowest BCUT2D eigenvalue weighted by atomic mass is 10.0. The van der Waals surface area contributed by atoms with E-state index in [-0.39, 0.29) is 25.7 Å². The van der Waals surface area contributed by atoms with Gasteiger partial charge in [-0.3, -0.25) is 37.3 Å². The van der Waals surface area contributed by atoms with Gasteiger partial charge in [0.2, 0.25) is 0 Å². The number of allylic oxidation sites excluding steroid dienone is 4. The van der Waals surface area contributed by atoms with Crippen LogP contribution in [0, 0.1) is 5.92 Å². The second kappa shape index (κ2) is 69.6. The summed E-state index contributed by atoms with van der Waals surface area (Å²) in [6.45, 7) is 7.17. The topological polar surface area (TPSA) is 237 Å². The summed E-state index contributed by atoms with van der Waals surface area (Å²) >= 11 is 0. The molecule has 0 aromatic rings. The van der Waals surface area contributed by atoms with Gasteiger partial charge >= 0.3 is 39.5 Å². The third kappa shape index (κ3) is 70.0. The molecule has 0 rings (SSSR count). The molecule has 0 aliphatic heterocycles. The Hall–Kier alpha value is -2.46. The summed E-state index contributed by atoms with van der Waals surface area (Å²) in [7, 11) is -9.92. The lowest BCUT2D eigenvalue weighted by molar-refractivity contribution is -0.161. The van der Waals surface area contributed by atoms with Crippen LogP contribution < -0.4 is 0 Å². The van der Waals surface area contributed by atoms with Crippen LogP contribution in [0.15, 0.2) is 24.3 Å². The maximum atomic E-state index is 13.1. The van der Waals surface area contributed by atoms with Crippen molar-refractivity contribution in [2.75, 3.05) is 39.6 Å². The molecule has 3 N–H and O–H groups in total. The largest absolute Gasteiger partial charge is 0.472 e. The molecule has 0 fully saturated rings. The standard InChI is InChI=1S/C77H146O17P2/c1-6-9-12-15-18-21-24-27-29-30-31-32-34-36-39-42-47-53-58-63-77(82)93-72(66-87-74(79)60-55-50-45-40-38-35-33-28-25-22-19-16-13-10-7-2)68-91-95(83,84)89-64-71(78)65-90-96(85,86)92-69-73(67-88-75(80)61-56-51-48-43-44-49-54-59-70(4)5)94-76(81)62-57-52-46-41-37-26-23-20-17-14-11-8-3/h22,25,28,33,70-73,78H,6-21,23-24,26-27,29-32,34-69H2,1-5H3,(H,83,84)(H,85,86)/b25-22-,33-28-/t71-,72-,73-/m1/s1. The van der Waals surface area contributed by atoms with E-state index in [2.05, 4.69) is 58.9 Å². The summed E-state index contributed by atoms with van der Waals surface area (Å²) in [5.74, 6) is -1.44. The van der Waals surface area contributed by atoms with Crippen LogP contribution in [0.25, 0.3) is 0 Å². The molecule has 0 saturated heterocycles. The monoisotopic (exact) mass is 1410 g/mol. The minimum absolute atomic E-state index is 0.102. The van der Waals surface area contributed by atoms with Gasteiger partial charge in [0.15, 0.2) is 12.2 Å². The van der Waals surface area contributed by atoms with Crippen LogP contribution in [-0.4, -0.2) is 96.7 Å². The number of hydrogen-bond donors (Lipinski definition) is 3. The number of phosphoric ester groups is 2. The first-order chi connectivity index (χ1) is 46.5. The molecule has 0 heterocycles. The zero-order valence-corrected chi connectivity index (χ0v) is 63.8. The Morgan fingerprint density at radius 3 is 0.854 bits per heavy atom. The predicted molar refractivity (Wildman–Crippen MR) is 391 cm³/mol. The van der Waals surface area contributed by atoms with Crippen molar-refractivity contribution >= 4 is 39.5 Å². The first-order valence-corrected chi connectivity index (χ1v) is 42.4. The molecule has 17 nitrogen and oxygen atoms in total. The molecule has 0 aromatic heterocycles. The van der Waals surface area contributed by atoms with Crippen molar-refractivity contribution in [3.05, 3.63) is 24.3 Å². The number of aliphatic hydroxyl groups is 1. The van der Waals surface area contributed by atoms with Crippen molar-refractivity contribution in [2.24, 2.45) is 5.92 Å². The zero-order valence-electron chi connectivity index (χ0n) is 62.0. The second-order valence-electron chi connectivity index (χ2n) is 27.5. The van der Waals surface area contributed by atoms with E-state index >= 15 is 0 Å². The Labute approximate surface area is 586 Å². The van der Waals surface area contributed by atoms with E-state index in [1.165, 1.54) is 180 Å². The molecule has 19 heteroatoms. The van der Waals surface area contributed by atoms with E-state index < -0.39 is 97.5 Å². The highest BCUT2D eigenvalue weighted by molar-refractivity contribution is 7.47. The number of aliphatic hydroxyl groups excluding tert-OH is 1. The van der Waals surface area contributed by atoms with Crippen molar-refractivity contribution in [3.8, 4) is 0 Å². The summed E-state index contributed by atoms with van der Waals surface area (Å²) in [5, 5.41) is 10.6.